The molecule has 0 saturated heterocycles. The van der Waals surface area contributed by atoms with Gasteiger partial charge in [-0.15, -0.1) is 0 Å². The van der Waals surface area contributed by atoms with Gasteiger partial charge in [0.25, 0.3) is 10.0 Å². The summed E-state index contributed by atoms with van der Waals surface area (Å²) in [6, 6.07) is 7.95. The number of hydrogen-bond acceptors (Lipinski definition) is 4. The van der Waals surface area contributed by atoms with Crippen molar-refractivity contribution in [3.05, 3.63) is 47.2 Å². The van der Waals surface area contributed by atoms with Gasteiger partial charge in [-0.05, 0) is 12.1 Å². The van der Waals surface area contributed by atoms with Crippen molar-refractivity contribution in [3.63, 3.8) is 0 Å². The molecule has 8 heteroatoms. The topological polar surface area (TPSA) is 64.6 Å². The van der Waals surface area contributed by atoms with Crippen LogP contribution < -0.4 is 14.2 Å². The maximum atomic E-state index is 13.7. The molecule has 0 radical (unpaired) electrons. The smallest absolute Gasteiger partial charge is 0.264 e. The van der Waals surface area contributed by atoms with E-state index in [1.807, 2.05) is 0 Å². The van der Waals surface area contributed by atoms with Crippen LogP contribution in [0.15, 0.2) is 41.3 Å². The molecule has 0 bridgehead atoms. The molecule has 2 aromatic carbocycles. The Kier molecular flexibility index (Phi) is 3.84. The predicted octanol–water partition coefficient (Wildman–Crippen LogP) is 3.05. The van der Waals surface area contributed by atoms with Gasteiger partial charge in [0, 0.05) is 12.1 Å². The SMILES string of the molecule is O=S(=O)(Nc1cc2c(cc1Cl)OCCO2)c1ccccc1F. The molecule has 5 nitrogen and oxygen atoms in total. The third-order valence-electron chi connectivity index (χ3n) is 3.00. The number of ether oxygens (including phenoxy) is 2. The van der Waals surface area contributed by atoms with Crippen molar-refractivity contribution in [2.24, 2.45) is 0 Å². The molecule has 116 valence electrons. The highest BCUT2D eigenvalue weighted by atomic mass is 35.5. The molecule has 0 unspecified atom stereocenters. The van der Waals surface area contributed by atoms with Crippen LogP contribution in [0.5, 0.6) is 11.5 Å². The van der Waals surface area contributed by atoms with E-state index in [-0.39, 0.29) is 10.7 Å². The van der Waals surface area contributed by atoms with E-state index < -0.39 is 20.7 Å². The molecule has 0 aromatic heterocycles. The molecule has 1 aliphatic rings. The first kappa shape index (κ1) is 14.9. The maximum Gasteiger partial charge on any atom is 0.264 e. The number of nitrogens with one attached hydrogen (secondary N) is 1. The van der Waals surface area contributed by atoms with Gasteiger partial charge in [-0.2, -0.15) is 0 Å². The number of benzene rings is 2. The van der Waals surface area contributed by atoms with Crippen LogP contribution in [0.1, 0.15) is 0 Å². The minimum Gasteiger partial charge on any atom is -0.486 e. The average molecular weight is 344 g/mol. The zero-order valence-corrected chi connectivity index (χ0v) is 12.7. The van der Waals surface area contributed by atoms with Crippen molar-refractivity contribution in [1.82, 2.24) is 0 Å². The minimum atomic E-state index is -4.10. The molecule has 0 atom stereocenters. The van der Waals surface area contributed by atoms with Crippen molar-refractivity contribution in [3.8, 4) is 11.5 Å². The lowest BCUT2D eigenvalue weighted by Crippen LogP contribution is -2.17. The summed E-state index contributed by atoms with van der Waals surface area (Å²) in [7, 11) is -4.10. The summed E-state index contributed by atoms with van der Waals surface area (Å²) in [5.74, 6) is -0.0318. The highest BCUT2D eigenvalue weighted by molar-refractivity contribution is 7.92. The van der Waals surface area contributed by atoms with Gasteiger partial charge in [-0.3, -0.25) is 4.72 Å². The monoisotopic (exact) mass is 343 g/mol. The first-order valence-corrected chi connectivity index (χ1v) is 8.20. The minimum absolute atomic E-state index is 0.0918. The first-order chi connectivity index (χ1) is 10.5. The van der Waals surface area contributed by atoms with E-state index in [0.29, 0.717) is 24.7 Å². The highest BCUT2D eigenvalue weighted by Gasteiger charge is 2.22. The van der Waals surface area contributed by atoms with Crippen molar-refractivity contribution in [2.45, 2.75) is 4.90 Å². The van der Waals surface area contributed by atoms with Crippen molar-refractivity contribution >= 4 is 27.3 Å². The Morgan fingerprint density at radius 3 is 2.41 bits per heavy atom. The van der Waals surface area contributed by atoms with Crippen LogP contribution in [0.3, 0.4) is 0 Å². The fourth-order valence-corrected chi connectivity index (χ4v) is 3.41. The van der Waals surface area contributed by atoms with Gasteiger partial charge in [-0.1, -0.05) is 23.7 Å². The average Bonchev–Trinajstić information content (AvgIpc) is 2.48. The van der Waals surface area contributed by atoms with Gasteiger partial charge < -0.3 is 9.47 Å². The van der Waals surface area contributed by atoms with Gasteiger partial charge in [0.05, 0.1) is 10.7 Å². The highest BCUT2D eigenvalue weighted by Crippen LogP contribution is 2.38. The number of halogens is 2. The number of anilines is 1. The lowest BCUT2D eigenvalue weighted by atomic mass is 10.2. The van der Waals surface area contributed by atoms with E-state index in [9.17, 15) is 12.8 Å². The summed E-state index contributed by atoms with van der Waals surface area (Å²) in [4.78, 5) is -0.457. The summed E-state index contributed by atoms with van der Waals surface area (Å²) < 4.78 is 51.2. The van der Waals surface area contributed by atoms with Gasteiger partial charge >= 0.3 is 0 Å². The zero-order valence-electron chi connectivity index (χ0n) is 11.2. The van der Waals surface area contributed by atoms with Crippen LogP contribution in [0.2, 0.25) is 5.02 Å². The summed E-state index contributed by atoms with van der Waals surface area (Å²) in [6.45, 7) is 0.748. The zero-order chi connectivity index (χ0) is 15.7. The summed E-state index contributed by atoms with van der Waals surface area (Å²) in [5, 5.41) is 0.129. The molecule has 2 aromatic rings. The largest absolute Gasteiger partial charge is 0.486 e. The number of fused-ring (bicyclic) bond motifs is 1. The molecule has 0 amide bonds. The molecule has 1 N–H and O–H groups in total. The second kappa shape index (κ2) is 5.66. The Balaban J connectivity index is 1.98. The van der Waals surface area contributed by atoms with Gasteiger partial charge in [0.1, 0.15) is 23.9 Å². The summed E-state index contributed by atoms with van der Waals surface area (Å²) in [5.41, 5.74) is 0.0918. The molecule has 0 spiro atoms. The van der Waals surface area contributed by atoms with Gasteiger partial charge in [-0.25, -0.2) is 12.8 Å². The third-order valence-corrected chi connectivity index (χ3v) is 4.71. The molecule has 0 aliphatic carbocycles. The molecular formula is C14H11ClFNO4S. The van der Waals surface area contributed by atoms with E-state index in [4.69, 9.17) is 21.1 Å². The van der Waals surface area contributed by atoms with Crippen LogP contribution in [0, 0.1) is 5.82 Å². The first-order valence-electron chi connectivity index (χ1n) is 6.34. The quantitative estimate of drug-likeness (QED) is 0.930. The van der Waals surface area contributed by atoms with E-state index in [1.54, 1.807) is 0 Å². The summed E-state index contributed by atoms with van der Waals surface area (Å²) in [6.07, 6.45) is 0. The maximum absolute atomic E-state index is 13.7. The number of sulfonamides is 1. The van der Waals surface area contributed by atoms with Crippen molar-refractivity contribution in [1.29, 1.82) is 0 Å². The van der Waals surface area contributed by atoms with Crippen molar-refractivity contribution in [2.75, 3.05) is 17.9 Å². The molecule has 1 aliphatic heterocycles. The van der Waals surface area contributed by atoms with E-state index >= 15 is 0 Å². The molecular weight excluding hydrogens is 333 g/mol. The predicted molar refractivity (Wildman–Crippen MR) is 79.7 cm³/mol. The second-order valence-electron chi connectivity index (χ2n) is 4.51. The molecule has 1 heterocycles. The lowest BCUT2D eigenvalue weighted by molar-refractivity contribution is 0.171. The Labute approximate surface area is 131 Å². The van der Waals surface area contributed by atoms with Gasteiger partial charge in [0.15, 0.2) is 11.5 Å². The fraction of sp³-hybridized carbons (Fsp3) is 0.143. The van der Waals surface area contributed by atoms with Crippen LogP contribution in [-0.2, 0) is 10.0 Å². The normalized spacial score (nSPS) is 13.7. The Morgan fingerprint density at radius 2 is 1.73 bits per heavy atom. The second-order valence-corrected chi connectivity index (χ2v) is 6.57. The molecule has 3 rings (SSSR count). The van der Waals surface area contributed by atoms with E-state index in [1.165, 1.54) is 30.3 Å². The standard InChI is InChI=1S/C14H11ClFNO4S/c15-9-7-12-13(21-6-5-20-12)8-11(9)17-22(18,19)14-4-2-1-3-10(14)16/h1-4,7-8,17H,5-6H2. The van der Waals surface area contributed by atoms with Crippen LogP contribution in [0.25, 0.3) is 0 Å². The van der Waals surface area contributed by atoms with Crippen LogP contribution in [0.4, 0.5) is 10.1 Å². The Bertz CT molecular complexity index is 826. The Hall–Kier alpha value is -1.99. The third kappa shape index (κ3) is 2.82. The van der Waals surface area contributed by atoms with Crippen molar-refractivity contribution < 1.29 is 22.3 Å². The Morgan fingerprint density at radius 1 is 1.09 bits per heavy atom. The molecule has 22 heavy (non-hydrogen) atoms. The van der Waals surface area contributed by atoms with Gasteiger partial charge in [0.2, 0.25) is 0 Å². The van der Waals surface area contributed by atoms with Crippen LogP contribution in [-0.4, -0.2) is 21.6 Å². The van der Waals surface area contributed by atoms with E-state index in [0.717, 1.165) is 6.07 Å². The van der Waals surface area contributed by atoms with Crippen LogP contribution >= 0.6 is 11.6 Å². The lowest BCUT2D eigenvalue weighted by Gasteiger charge is -2.20. The molecule has 0 saturated carbocycles. The number of hydrogen-bond donors (Lipinski definition) is 1. The van der Waals surface area contributed by atoms with E-state index in [2.05, 4.69) is 4.72 Å². The fourth-order valence-electron chi connectivity index (χ4n) is 2.00. The molecule has 0 fully saturated rings. The summed E-state index contributed by atoms with van der Waals surface area (Å²) >= 11 is 6.04. The number of rotatable bonds is 3.